The lowest BCUT2D eigenvalue weighted by Gasteiger charge is -2.17. The number of anilines is 1. The molecule has 2 N–H and O–H groups in total. The quantitative estimate of drug-likeness (QED) is 0.555. The van der Waals surface area contributed by atoms with Crippen molar-refractivity contribution in [2.45, 2.75) is 5.92 Å². The Kier molecular flexibility index (Phi) is 3.43. The predicted molar refractivity (Wildman–Crippen MR) is 101 cm³/mol. The molecule has 0 spiro atoms. The Morgan fingerprint density at radius 3 is 2.78 bits per heavy atom. The van der Waals surface area contributed by atoms with Crippen LogP contribution in [0, 0.1) is 11.3 Å². The second-order valence-corrected chi connectivity index (χ2v) is 7.75. The first-order chi connectivity index (χ1) is 13.2. The number of oxazole rings is 2. The van der Waals surface area contributed by atoms with Crippen molar-refractivity contribution in [1.82, 2.24) is 9.55 Å². The largest absolute Gasteiger partial charge is 0.406 e. The summed E-state index contributed by atoms with van der Waals surface area (Å²) in [7, 11) is 0. The lowest BCUT2D eigenvalue weighted by Crippen LogP contribution is -2.35. The Balaban J connectivity index is 1.94. The molecule has 4 aromatic heterocycles. The lowest BCUT2D eigenvalue weighted by atomic mass is 9.93. The molecular weight excluding hydrogens is 384 g/mol. The van der Waals surface area contributed by atoms with E-state index in [0.29, 0.717) is 17.2 Å². The third kappa shape index (κ3) is 2.31. The zero-order chi connectivity index (χ0) is 18.5. The highest BCUT2D eigenvalue weighted by Crippen LogP contribution is 2.39. The van der Waals surface area contributed by atoms with Gasteiger partial charge in [0, 0.05) is 9.75 Å². The molecule has 0 aromatic carbocycles. The van der Waals surface area contributed by atoms with Gasteiger partial charge in [-0.25, -0.2) is 9.36 Å². The first kappa shape index (κ1) is 15.9. The van der Waals surface area contributed by atoms with Crippen LogP contribution in [0.5, 0.6) is 0 Å². The van der Waals surface area contributed by atoms with E-state index in [1.165, 1.54) is 27.2 Å². The lowest BCUT2D eigenvalue weighted by molar-refractivity contribution is 0.455. The molecule has 0 bridgehead atoms. The number of nitriles is 1. The smallest absolute Gasteiger partial charge is 0.362 e. The summed E-state index contributed by atoms with van der Waals surface area (Å²) in [5.74, 6) is -0.195. The van der Waals surface area contributed by atoms with Gasteiger partial charge < -0.3 is 14.6 Å². The summed E-state index contributed by atoms with van der Waals surface area (Å²) >= 11 is 2.96. The maximum absolute atomic E-state index is 12.6. The summed E-state index contributed by atoms with van der Waals surface area (Å²) < 4.78 is 12.6. The highest BCUT2D eigenvalue weighted by atomic mass is 32.1. The molecule has 7 nitrogen and oxygen atoms in total. The van der Waals surface area contributed by atoms with Crippen LogP contribution < -0.4 is 22.3 Å². The summed E-state index contributed by atoms with van der Waals surface area (Å²) in [6.45, 7) is 0. The van der Waals surface area contributed by atoms with Gasteiger partial charge in [-0.05, 0) is 29.0 Å². The van der Waals surface area contributed by atoms with E-state index in [4.69, 9.17) is 14.6 Å². The predicted octanol–water partition coefficient (Wildman–Crippen LogP) is 1.77. The fourth-order valence-electron chi connectivity index (χ4n) is 3.19. The Labute approximate surface area is 159 Å². The molecule has 0 amide bonds. The second kappa shape index (κ2) is 5.84. The van der Waals surface area contributed by atoms with E-state index in [0.717, 1.165) is 9.75 Å². The standard InChI is InChI=1S/C18H10N4O3S2/c19-8-10-13(12-4-2-6-27-12)14-16(25-18(20)21-14)22-11(17(23)24-15(10)22)7-9-3-1-5-26-9/h1-7,13H,(H2,20,21)/b11-7+. The minimum atomic E-state index is -0.557. The molecule has 1 unspecified atom stereocenters. The summed E-state index contributed by atoms with van der Waals surface area (Å²) in [6.07, 6.45) is 1.70. The first-order valence-electron chi connectivity index (χ1n) is 7.88. The van der Waals surface area contributed by atoms with Gasteiger partial charge in [-0.1, -0.05) is 12.1 Å². The highest BCUT2D eigenvalue weighted by molar-refractivity contribution is 7.10. The number of hydrogen-bond acceptors (Lipinski definition) is 8. The molecule has 0 saturated carbocycles. The summed E-state index contributed by atoms with van der Waals surface area (Å²) in [5, 5.41) is 13.9. The normalized spacial score (nSPS) is 16.2. The Hall–Kier alpha value is -3.35. The third-order valence-corrected chi connectivity index (χ3v) is 6.02. The zero-order valence-electron chi connectivity index (χ0n) is 13.6. The van der Waals surface area contributed by atoms with E-state index in [1.54, 1.807) is 6.08 Å². The second-order valence-electron chi connectivity index (χ2n) is 5.79. The van der Waals surface area contributed by atoms with Crippen LogP contribution in [0.2, 0.25) is 0 Å². The van der Waals surface area contributed by atoms with Crippen LogP contribution in [0.1, 0.15) is 21.4 Å². The summed E-state index contributed by atoms with van der Waals surface area (Å²) in [5.41, 5.74) is 6.19. The van der Waals surface area contributed by atoms with Gasteiger partial charge in [0.15, 0.2) is 0 Å². The minimum Gasteiger partial charge on any atom is -0.406 e. The molecular formula is C18H10N4O3S2. The average molecular weight is 394 g/mol. The van der Waals surface area contributed by atoms with Gasteiger partial charge in [-0.15, -0.1) is 22.7 Å². The SMILES string of the molecule is N#CC1=c2oc(=O)/c(=C\c3cccs3)n2-c2oc(N)nc2C1c1cccs1. The van der Waals surface area contributed by atoms with Crippen molar-refractivity contribution in [2.75, 3.05) is 5.73 Å². The number of nitrogens with two attached hydrogens (primary N) is 1. The molecule has 5 heterocycles. The minimum absolute atomic E-state index is 0.0325. The molecule has 0 fully saturated rings. The van der Waals surface area contributed by atoms with Crippen molar-refractivity contribution >= 4 is 40.3 Å². The number of aromatic nitrogens is 2. The number of thiophene rings is 2. The number of rotatable bonds is 2. The van der Waals surface area contributed by atoms with Crippen LogP contribution in [0.3, 0.4) is 0 Å². The van der Waals surface area contributed by atoms with Crippen LogP contribution >= 0.6 is 22.7 Å². The first-order valence-corrected chi connectivity index (χ1v) is 9.64. The van der Waals surface area contributed by atoms with E-state index >= 15 is 0 Å². The van der Waals surface area contributed by atoms with Gasteiger partial charge in [0.1, 0.15) is 22.7 Å². The molecule has 1 atom stereocenters. The van der Waals surface area contributed by atoms with Gasteiger partial charge in [-0.2, -0.15) is 10.2 Å². The van der Waals surface area contributed by atoms with Crippen molar-refractivity contribution in [2.24, 2.45) is 0 Å². The average Bonchev–Trinajstić information content (AvgIpc) is 3.42. The molecule has 0 saturated heterocycles. The maximum atomic E-state index is 12.6. The number of hydrogen-bond donors (Lipinski definition) is 1. The van der Waals surface area contributed by atoms with E-state index in [9.17, 15) is 10.1 Å². The third-order valence-electron chi connectivity index (χ3n) is 4.26. The van der Waals surface area contributed by atoms with Gasteiger partial charge in [0.2, 0.25) is 11.4 Å². The van der Waals surface area contributed by atoms with Crippen molar-refractivity contribution in [3.63, 3.8) is 0 Å². The highest BCUT2D eigenvalue weighted by Gasteiger charge is 2.36. The van der Waals surface area contributed by atoms with Gasteiger partial charge in [-0.3, -0.25) is 0 Å². The van der Waals surface area contributed by atoms with Crippen LogP contribution in [-0.4, -0.2) is 9.55 Å². The van der Waals surface area contributed by atoms with Crippen molar-refractivity contribution in [3.05, 3.63) is 71.8 Å². The van der Waals surface area contributed by atoms with Crippen LogP contribution in [0.15, 0.2) is 48.7 Å². The molecule has 132 valence electrons. The van der Waals surface area contributed by atoms with E-state index in [-0.39, 0.29) is 16.9 Å². The van der Waals surface area contributed by atoms with Crippen molar-refractivity contribution in [1.29, 1.82) is 5.26 Å². The molecule has 9 heteroatoms. The molecule has 1 aliphatic rings. The fourth-order valence-corrected chi connectivity index (χ4v) is 4.68. The maximum Gasteiger partial charge on any atom is 0.362 e. The summed E-state index contributed by atoms with van der Waals surface area (Å²) in [4.78, 5) is 18.6. The van der Waals surface area contributed by atoms with Gasteiger partial charge >= 0.3 is 5.63 Å². The van der Waals surface area contributed by atoms with Crippen molar-refractivity contribution < 1.29 is 8.83 Å². The molecule has 27 heavy (non-hydrogen) atoms. The molecule has 5 rings (SSSR count). The monoisotopic (exact) mass is 394 g/mol. The van der Waals surface area contributed by atoms with Gasteiger partial charge in [0.05, 0.1) is 5.92 Å². The number of nitrogen functional groups attached to an aromatic ring is 1. The molecule has 0 aliphatic carbocycles. The van der Waals surface area contributed by atoms with Crippen LogP contribution in [0.4, 0.5) is 6.01 Å². The van der Waals surface area contributed by atoms with Crippen molar-refractivity contribution in [3.8, 4) is 12.0 Å². The molecule has 1 aliphatic heterocycles. The van der Waals surface area contributed by atoms with Crippen LogP contribution in [-0.2, 0) is 0 Å². The summed E-state index contributed by atoms with van der Waals surface area (Å²) in [6, 6.07) is 9.70. The number of nitrogens with zero attached hydrogens (tertiary/aromatic N) is 3. The Morgan fingerprint density at radius 2 is 2.07 bits per heavy atom. The van der Waals surface area contributed by atoms with E-state index < -0.39 is 11.5 Å². The van der Waals surface area contributed by atoms with E-state index in [2.05, 4.69) is 11.1 Å². The molecule has 4 aromatic rings. The van der Waals surface area contributed by atoms with E-state index in [1.807, 2.05) is 35.0 Å². The Bertz CT molecular complexity index is 1370. The topological polar surface area (TPSA) is 111 Å². The zero-order valence-corrected chi connectivity index (χ0v) is 15.2. The fraction of sp³-hybridized carbons (Fsp3) is 0.0556. The van der Waals surface area contributed by atoms with Crippen LogP contribution in [0.25, 0.3) is 17.5 Å². The number of fused-ring (bicyclic) bond motifs is 3. The Morgan fingerprint density at radius 1 is 1.26 bits per heavy atom. The van der Waals surface area contributed by atoms with Gasteiger partial charge in [0.25, 0.3) is 6.01 Å². The molecule has 0 radical (unpaired) electrons.